The molecule has 0 aromatic carbocycles. The minimum absolute atomic E-state index is 0.450. The molecule has 1 heterocycles. The third-order valence-electron chi connectivity index (χ3n) is 1.90. The minimum atomic E-state index is 0.450. The number of aryl methyl sites for hydroxylation is 2. The molecule has 0 aliphatic rings. The second-order valence-corrected chi connectivity index (χ2v) is 2.59. The lowest BCUT2D eigenvalue weighted by molar-refractivity contribution is 0.730. The van der Waals surface area contributed by atoms with Gasteiger partial charge in [0.2, 0.25) is 6.54 Å². The van der Waals surface area contributed by atoms with E-state index in [0.29, 0.717) is 6.54 Å². The molecule has 58 valence electrons. The van der Waals surface area contributed by atoms with Gasteiger partial charge < -0.3 is 4.85 Å². The summed E-state index contributed by atoms with van der Waals surface area (Å²) >= 11 is 0. The molecule has 0 aliphatic carbocycles. The number of hydrogen-bond acceptors (Lipinski definition) is 1. The summed E-state index contributed by atoms with van der Waals surface area (Å²) in [4.78, 5) is 3.34. The van der Waals surface area contributed by atoms with Gasteiger partial charge in [-0.3, -0.25) is 4.68 Å². The molecular weight excluding hydrogens is 138 g/mol. The van der Waals surface area contributed by atoms with Crippen LogP contribution in [0.4, 0.5) is 0 Å². The minimum Gasteiger partial charge on any atom is -0.312 e. The maximum absolute atomic E-state index is 6.73. The van der Waals surface area contributed by atoms with Crippen LogP contribution in [0.2, 0.25) is 0 Å². The smallest absolute Gasteiger partial charge is 0.243 e. The van der Waals surface area contributed by atoms with E-state index in [0.717, 1.165) is 17.0 Å². The molecule has 0 atom stereocenters. The monoisotopic (exact) mass is 149 g/mol. The summed E-state index contributed by atoms with van der Waals surface area (Å²) in [7, 11) is 1.90. The highest BCUT2D eigenvalue weighted by atomic mass is 15.3. The summed E-state index contributed by atoms with van der Waals surface area (Å²) in [5, 5.41) is 4.20. The molecule has 0 saturated heterocycles. The molecular formula is C8H11N3. The Morgan fingerprint density at radius 2 is 2.18 bits per heavy atom. The molecule has 0 unspecified atom stereocenters. The summed E-state index contributed by atoms with van der Waals surface area (Å²) in [5.74, 6) is 0. The van der Waals surface area contributed by atoms with Crippen LogP contribution in [-0.4, -0.2) is 9.78 Å². The van der Waals surface area contributed by atoms with Crippen LogP contribution < -0.4 is 0 Å². The second-order valence-electron chi connectivity index (χ2n) is 2.59. The zero-order chi connectivity index (χ0) is 8.43. The van der Waals surface area contributed by atoms with Crippen LogP contribution in [0.15, 0.2) is 0 Å². The number of rotatable bonds is 1. The van der Waals surface area contributed by atoms with E-state index in [9.17, 15) is 0 Å². The van der Waals surface area contributed by atoms with E-state index in [1.165, 1.54) is 0 Å². The lowest BCUT2D eigenvalue weighted by atomic mass is 10.2. The molecule has 0 bridgehead atoms. The van der Waals surface area contributed by atoms with Crippen molar-refractivity contribution in [2.45, 2.75) is 20.4 Å². The second kappa shape index (κ2) is 2.75. The van der Waals surface area contributed by atoms with Gasteiger partial charge >= 0.3 is 0 Å². The van der Waals surface area contributed by atoms with E-state index in [1.807, 2.05) is 25.6 Å². The van der Waals surface area contributed by atoms with Gasteiger partial charge in [-0.25, -0.2) is 6.57 Å². The Balaban J connectivity index is 3.14. The van der Waals surface area contributed by atoms with Crippen molar-refractivity contribution in [2.24, 2.45) is 7.05 Å². The standard InChI is InChI=1S/C8H11N3/c1-6-8(5-9-3)7(2)11(4)10-6/h5H2,1-2,4H3. The van der Waals surface area contributed by atoms with Gasteiger partial charge in [0.15, 0.2) is 0 Å². The Hall–Kier alpha value is -1.30. The highest BCUT2D eigenvalue weighted by Gasteiger charge is 2.10. The van der Waals surface area contributed by atoms with Crippen molar-refractivity contribution >= 4 is 0 Å². The number of nitrogens with zero attached hydrogens (tertiary/aromatic N) is 3. The highest BCUT2D eigenvalue weighted by molar-refractivity contribution is 5.25. The Bertz CT molecular complexity index is 304. The first-order valence-electron chi connectivity index (χ1n) is 3.49. The molecule has 3 nitrogen and oxygen atoms in total. The Morgan fingerprint density at radius 3 is 2.55 bits per heavy atom. The summed E-state index contributed by atoms with van der Waals surface area (Å²) in [6, 6.07) is 0. The fourth-order valence-corrected chi connectivity index (χ4v) is 1.13. The van der Waals surface area contributed by atoms with E-state index < -0.39 is 0 Å². The largest absolute Gasteiger partial charge is 0.312 e. The van der Waals surface area contributed by atoms with E-state index in [4.69, 9.17) is 6.57 Å². The SMILES string of the molecule is [C-]#[N+]Cc1c(C)nn(C)c1C. The Morgan fingerprint density at radius 1 is 1.55 bits per heavy atom. The normalized spacial score (nSPS) is 9.64. The first-order valence-corrected chi connectivity index (χ1v) is 3.49. The zero-order valence-corrected chi connectivity index (χ0v) is 7.05. The van der Waals surface area contributed by atoms with E-state index >= 15 is 0 Å². The molecule has 0 saturated carbocycles. The van der Waals surface area contributed by atoms with Crippen molar-refractivity contribution < 1.29 is 0 Å². The first-order chi connectivity index (χ1) is 5.16. The molecule has 0 radical (unpaired) electrons. The molecule has 11 heavy (non-hydrogen) atoms. The molecule has 0 aliphatic heterocycles. The van der Waals surface area contributed by atoms with Crippen molar-refractivity contribution in [2.75, 3.05) is 0 Å². The molecule has 1 aromatic heterocycles. The fraction of sp³-hybridized carbons (Fsp3) is 0.500. The van der Waals surface area contributed by atoms with Gasteiger partial charge in [-0.15, -0.1) is 0 Å². The Labute approximate surface area is 66.5 Å². The van der Waals surface area contributed by atoms with Crippen LogP contribution in [0.1, 0.15) is 17.0 Å². The van der Waals surface area contributed by atoms with Crippen LogP contribution in [0, 0.1) is 20.4 Å². The molecule has 0 spiro atoms. The van der Waals surface area contributed by atoms with Crippen molar-refractivity contribution in [1.29, 1.82) is 0 Å². The summed E-state index contributed by atoms with van der Waals surface area (Å²) < 4.78 is 1.82. The quantitative estimate of drug-likeness (QED) is 0.554. The van der Waals surface area contributed by atoms with Gasteiger partial charge in [0.25, 0.3) is 0 Å². The number of hydrogen-bond donors (Lipinski definition) is 0. The van der Waals surface area contributed by atoms with Gasteiger partial charge in [0.05, 0.1) is 11.3 Å². The van der Waals surface area contributed by atoms with E-state index in [-0.39, 0.29) is 0 Å². The van der Waals surface area contributed by atoms with Gasteiger partial charge in [-0.2, -0.15) is 5.10 Å². The fourth-order valence-electron chi connectivity index (χ4n) is 1.13. The highest BCUT2D eigenvalue weighted by Crippen LogP contribution is 2.12. The van der Waals surface area contributed by atoms with Crippen LogP contribution in [0.5, 0.6) is 0 Å². The molecule has 0 amide bonds. The predicted octanol–water partition coefficient (Wildman–Crippen LogP) is 1.46. The van der Waals surface area contributed by atoms with Gasteiger partial charge in [-0.1, -0.05) is 0 Å². The maximum atomic E-state index is 6.73. The number of aromatic nitrogens is 2. The van der Waals surface area contributed by atoms with E-state index in [2.05, 4.69) is 9.94 Å². The molecule has 0 N–H and O–H groups in total. The topological polar surface area (TPSA) is 22.2 Å². The average molecular weight is 149 g/mol. The van der Waals surface area contributed by atoms with Crippen LogP contribution in [0.3, 0.4) is 0 Å². The first kappa shape index (κ1) is 7.80. The van der Waals surface area contributed by atoms with Crippen molar-refractivity contribution in [3.8, 4) is 0 Å². The predicted molar refractivity (Wildman–Crippen MR) is 43.0 cm³/mol. The zero-order valence-electron chi connectivity index (χ0n) is 7.05. The molecule has 0 fully saturated rings. The molecule has 1 aromatic rings. The average Bonchev–Trinajstić information content (AvgIpc) is 2.17. The summed E-state index contributed by atoms with van der Waals surface area (Å²) in [5.41, 5.74) is 3.14. The van der Waals surface area contributed by atoms with Crippen LogP contribution >= 0.6 is 0 Å². The third-order valence-corrected chi connectivity index (χ3v) is 1.90. The van der Waals surface area contributed by atoms with Gasteiger partial charge in [-0.05, 0) is 13.8 Å². The van der Waals surface area contributed by atoms with Crippen molar-refractivity contribution in [3.63, 3.8) is 0 Å². The maximum Gasteiger partial charge on any atom is 0.243 e. The molecule has 3 heteroatoms. The van der Waals surface area contributed by atoms with Crippen molar-refractivity contribution in [3.05, 3.63) is 28.4 Å². The van der Waals surface area contributed by atoms with Gasteiger partial charge in [0.1, 0.15) is 0 Å². The van der Waals surface area contributed by atoms with Crippen molar-refractivity contribution in [1.82, 2.24) is 9.78 Å². The van der Waals surface area contributed by atoms with Gasteiger partial charge in [0, 0.05) is 12.7 Å². The van der Waals surface area contributed by atoms with Crippen LogP contribution in [-0.2, 0) is 13.6 Å². The molecule has 1 rings (SSSR count). The lowest BCUT2D eigenvalue weighted by Gasteiger charge is -1.91. The summed E-state index contributed by atoms with van der Waals surface area (Å²) in [6.07, 6.45) is 0. The Kier molecular flexibility index (Phi) is 1.95. The lowest BCUT2D eigenvalue weighted by Crippen LogP contribution is -1.93. The third kappa shape index (κ3) is 1.25. The summed E-state index contributed by atoms with van der Waals surface area (Å²) in [6.45, 7) is 11.1. The van der Waals surface area contributed by atoms with Crippen LogP contribution in [0.25, 0.3) is 4.85 Å². The van der Waals surface area contributed by atoms with E-state index in [1.54, 1.807) is 0 Å².